The molecule has 0 radical (unpaired) electrons. The fourth-order valence-electron chi connectivity index (χ4n) is 1.35. The van der Waals surface area contributed by atoms with Gasteiger partial charge in [0.2, 0.25) is 17.5 Å². The number of oxazole rings is 1. The Morgan fingerprint density at radius 2 is 2.39 bits per heavy atom. The zero-order chi connectivity index (χ0) is 13.3. The van der Waals surface area contributed by atoms with Crippen LogP contribution in [0.25, 0.3) is 10.8 Å². The number of aromatic nitrogens is 1. The monoisotopic (exact) mass is 286 g/mol. The predicted octanol–water partition coefficient (Wildman–Crippen LogP) is 3.12. The lowest BCUT2D eigenvalue weighted by Gasteiger charge is -1.96. The summed E-state index contributed by atoms with van der Waals surface area (Å²) in [5, 5.41) is 2.43. The van der Waals surface area contributed by atoms with Crippen molar-refractivity contribution >= 4 is 34.8 Å². The third-order valence-electron chi connectivity index (χ3n) is 2.22. The van der Waals surface area contributed by atoms with E-state index in [1.165, 1.54) is 11.3 Å². The van der Waals surface area contributed by atoms with Crippen molar-refractivity contribution in [1.82, 2.24) is 4.98 Å². The summed E-state index contributed by atoms with van der Waals surface area (Å²) in [6.45, 7) is 3.83. The van der Waals surface area contributed by atoms with Crippen LogP contribution >= 0.6 is 22.9 Å². The molecule has 2 rings (SSSR count). The van der Waals surface area contributed by atoms with E-state index in [0.29, 0.717) is 9.90 Å². The van der Waals surface area contributed by atoms with Crippen LogP contribution in [0.4, 0.5) is 5.88 Å². The molecule has 5 nitrogen and oxygen atoms in total. The second-order valence-corrected chi connectivity index (χ2v) is 4.77. The molecule has 18 heavy (non-hydrogen) atoms. The maximum atomic E-state index is 11.5. The first kappa shape index (κ1) is 12.9. The molecule has 96 valence electrons. The number of halogens is 1. The van der Waals surface area contributed by atoms with Crippen molar-refractivity contribution in [3.63, 3.8) is 0 Å². The van der Waals surface area contributed by atoms with Crippen LogP contribution < -0.4 is 5.73 Å². The molecule has 0 unspecified atom stereocenters. The molecule has 0 aromatic carbocycles. The quantitative estimate of drug-likeness (QED) is 0.877. The van der Waals surface area contributed by atoms with Crippen LogP contribution in [-0.4, -0.2) is 17.6 Å². The van der Waals surface area contributed by atoms with Gasteiger partial charge in [-0.1, -0.05) is 11.6 Å². The van der Waals surface area contributed by atoms with E-state index >= 15 is 0 Å². The standard InChI is InChI=1S/C11H11ClN2O3S/c1-3-16-11(15)7-9(13)17-10(14-7)8-6(12)5(2)4-18-8/h4H,3,13H2,1-2H3. The first-order chi connectivity index (χ1) is 8.54. The van der Waals surface area contributed by atoms with E-state index in [1.54, 1.807) is 6.92 Å². The largest absolute Gasteiger partial charge is 0.461 e. The number of aryl methyl sites for hydroxylation is 1. The fraction of sp³-hybridized carbons (Fsp3) is 0.273. The van der Waals surface area contributed by atoms with Gasteiger partial charge in [0.05, 0.1) is 11.6 Å². The molecule has 2 N–H and O–H groups in total. The van der Waals surface area contributed by atoms with Gasteiger partial charge in [0.25, 0.3) is 0 Å². The summed E-state index contributed by atoms with van der Waals surface area (Å²) in [7, 11) is 0. The van der Waals surface area contributed by atoms with Gasteiger partial charge in [-0.2, -0.15) is 4.98 Å². The van der Waals surface area contributed by atoms with Crippen LogP contribution in [0, 0.1) is 6.92 Å². The summed E-state index contributed by atoms with van der Waals surface area (Å²) in [5.41, 5.74) is 6.50. The van der Waals surface area contributed by atoms with Gasteiger partial charge in [-0.25, -0.2) is 4.79 Å². The first-order valence-corrected chi connectivity index (χ1v) is 6.47. The summed E-state index contributed by atoms with van der Waals surface area (Å²) >= 11 is 7.48. The van der Waals surface area contributed by atoms with Crippen LogP contribution in [0.15, 0.2) is 9.80 Å². The maximum absolute atomic E-state index is 11.5. The second-order valence-electron chi connectivity index (χ2n) is 3.51. The van der Waals surface area contributed by atoms with Crippen molar-refractivity contribution in [3.05, 3.63) is 21.7 Å². The van der Waals surface area contributed by atoms with Crippen molar-refractivity contribution in [3.8, 4) is 10.8 Å². The van der Waals surface area contributed by atoms with Gasteiger partial charge < -0.3 is 14.9 Å². The number of carbonyl (C=O) groups is 1. The molecule has 0 aliphatic carbocycles. The minimum absolute atomic E-state index is 0.0195. The van der Waals surface area contributed by atoms with Crippen LogP contribution in [0.3, 0.4) is 0 Å². The van der Waals surface area contributed by atoms with Gasteiger partial charge in [0, 0.05) is 0 Å². The van der Waals surface area contributed by atoms with E-state index in [0.717, 1.165) is 5.56 Å². The Labute approximate surface area is 113 Å². The number of nitrogen functional groups attached to an aromatic ring is 1. The number of nitrogens with two attached hydrogens (primary N) is 1. The molecule has 0 aliphatic heterocycles. The minimum Gasteiger partial charge on any atom is -0.461 e. The number of nitrogens with zero attached hydrogens (tertiary/aromatic N) is 1. The SMILES string of the molecule is CCOC(=O)c1nc(-c2scc(C)c2Cl)oc1N. The van der Waals surface area contributed by atoms with Crippen LogP contribution in [0.5, 0.6) is 0 Å². The highest BCUT2D eigenvalue weighted by Gasteiger charge is 2.22. The summed E-state index contributed by atoms with van der Waals surface area (Å²) in [6, 6.07) is 0. The van der Waals surface area contributed by atoms with Crippen LogP contribution in [0.1, 0.15) is 23.0 Å². The number of hydrogen-bond donors (Lipinski definition) is 1. The Kier molecular flexibility index (Phi) is 3.58. The Balaban J connectivity index is 2.40. The summed E-state index contributed by atoms with van der Waals surface area (Å²) < 4.78 is 10.1. The van der Waals surface area contributed by atoms with Gasteiger partial charge in [-0.05, 0) is 24.8 Å². The molecule has 2 aromatic rings. The van der Waals surface area contributed by atoms with E-state index in [1.807, 2.05) is 12.3 Å². The van der Waals surface area contributed by atoms with E-state index in [2.05, 4.69) is 4.98 Å². The van der Waals surface area contributed by atoms with Crippen molar-refractivity contribution in [2.75, 3.05) is 12.3 Å². The van der Waals surface area contributed by atoms with Crippen molar-refractivity contribution < 1.29 is 13.9 Å². The predicted molar refractivity (Wildman–Crippen MR) is 69.9 cm³/mol. The molecule has 7 heteroatoms. The average molecular weight is 287 g/mol. The van der Waals surface area contributed by atoms with E-state index in [4.69, 9.17) is 26.5 Å². The molecule has 0 amide bonds. The van der Waals surface area contributed by atoms with E-state index in [9.17, 15) is 4.79 Å². The molecule has 2 aromatic heterocycles. The Morgan fingerprint density at radius 3 is 2.94 bits per heavy atom. The summed E-state index contributed by atoms with van der Waals surface area (Å²) in [5.74, 6) is -0.432. The lowest BCUT2D eigenvalue weighted by Crippen LogP contribution is -2.07. The lowest BCUT2D eigenvalue weighted by molar-refractivity contribution is 0.0521. The summed E-state index contributed by atoms with van der Waals surface area (Å²) in [6.07, 6.45) is 0. The highest BCUT2D eigenvalue weighted by atomic mass is 35.5. The first-order valence-electron chi connectivity index (χ1n) is 5.22. The van der Waals surface area contributed by atoms with Crippen LogP contribution in [0.2, 0.25) is 5.02 Å². The van der Waals surface area contributed by atoms with Gasteiger partial charge in [-0.15, -0.1) is 11.3 Å². The van der Waals surface area contributed by atoms with E-state index in [-0.39, 0.29) is 24.1 Å². The molecule has 0 fully saturated rings. The third kappa shape index (κ3) is 2.21. The number of ether oxygens (including phenoxy) is 1. The normalized spacial score (nSPS) is 10.6. The minimum atomic E-state index is -0.602. The number of hydrogen-bond acceptors (Lipinski definition) is 6. The van der Waals surface area contributed by atoms with Crippen LogP contribution in [-0.2, 0) is 4.74 Å². The topological polar surface area (TPSA) is 78.3 Å². The number of rotatable bonds is 3. The van der Waals surface area contributed by atoms with Crippen molar-refractivity contribution in [2.45, 2.75) is 13.8 Å². The molecule has 0 atom stereocenters. The van der Waals surface area contributed by atoms with Gasteiger partial charge in [0.1, 0.15) is 4.88 Å². The zero-order valence-corrected chi connectivity index (χ0v) is 11.4. The molecule has 0 saturated heterocycles. The number of carbonyl (C=O) groups excluding carboxylic acids is 1. The molecule has 0 spiro atoms. The number of thiophene rings is 1. The highest BCUT2D eigenvalue weighted by molar-refractivity contribution is 7.14. The second kappa shape index (κ2) is 4.99. The van der Waals surface area contributed by atoms with Gasteiger partial charge in [0.15, 0.2) is 0 Å². The Morgan fingerprint density at radius 1 is 1.67 bits per heavy atom. The Hall–Kier alpha value is -1.53. The number of esters is 1. The van der Waals surface area contributed by atoms with Crippen molar-refractivity contribution in [2.24, 2.45) is 0 Å². The molecular weight excluding hydrogens is 276 g/mol. The highest BCUT2D eigenvalue weighted by Crippen LogP contribution is 2.37. The Bertz CT molecular complexity index is 591. The molecule has 0 saturated carbocycles. The third-order valence-corrected chi connectivity index (χ3v) is 3.90. The molecule has 0 aliphatic rings. The average Bonchev–Trinajstić information content (AvgIpc) is 2.85. The van der Waals surface area contributed by atoms with Crippen molar-refractivity contribution in [1.29, 1.82) is 0 Å². The lowest BCUT2D eigenvalue weighted by atomic mass is 10.3. The van der Waals surface area contributed by atoms with Gasteiger partial charge >= 0.3 is 5.97 Å². The zero-order valence-electron chi connectivity index (χ0n) is 9.82. The molecule has 2 heterocycles. The maximum Gasteiger partial charge on any atom is 0.362 e. The van der Waals surface area contributed by atoms with E-state index < -0.39 is 5.97 Å². The molecule has 0 bridgehead atoms. The fourth-order valence-corrected chi connectivity index (χ4v) is 2.55. The summed E-state index contributed by atoms with van der Waals surface area (Å²) in [4.78, 5) is 16.2. The smallest absolute Gasteiger partial charge is 0.362 e. The van der Waals surface area contributed by atoms with Gasteiger partial charge in [-0.3, -0.25) is 0 Å². The molecular formula is C11H11ClN2O3S. The number of anilines is 1.